The molecule has 168 valence electrons. The molecule has 0 unspecified atom stereocenters. The van der Waals surface area contributed by atoms with Gasteiger partial charge < -0.3 is 24.8 Å². The summed E-state index contributed by atoms with van der Waals surface area (Å²) in [4.78, 5) is 26.2. The number of hydrogen-bond donors (Lipinski definition) is 3. The van der Waals surface area contributed by atoms with Gasteiger partial charge in [-0.2, -0.15) is 0 Å². The van der Waals surface area contributed by atoms with Crippen molar-refractivity contribution in [2.45, 2.75) is 13.8 Å². The first-order chi connectivity index (χ1) is 15.8. The molecule has 0 aromatic heterocycles. The second kappa shape index (κ2) is 8.91. The number of phenolic OH excluding ortho intramolecular Hbond substituents is 1. The van der Waals surface area contributed by atoms with Crippen LogP contribution in [0.5, 0.6) is 5.75 Å². The minimum atomic E-state index is -1.11. The van der Waals surface area contributed by atoms with Crippen LogP contribution in [0.25, 0.3) is 33.4 Å². The van der Waals surface area contributed by atoms with E-state index in [9.17, 15) is 19.8 Å². The van der Waals surface area contributed by atoms with Gasteiger partial charge in [0.2, 0.25) is 0 Å². The van der Waals surface area contributed by atoms with E-state index in [1.807, 2.05) is 18.7 Å². The van der Waals surface area contributed by atoms with E-state index in [1.54, 1.807) is 24.3 Å². The van der Waals surface area contributed by atoms with E-state index in [-0.39, 0.29) is 16.7 Å². The topological polar surface area (TPSA) is 103 Å². The number of anilines is 1. The predicted octanol–water partition coefficient (Wildman–Crippen LogP) is 5.01. The highest BCUT2D eigenvalue weighted by molar-refractivity contribution is 7.80. The lowest BCUT2D eigenvalue weighted by Crippen LogP contribution is -2.34. The van der Waals surface area contributed by atoms with Gasteiger partial charge in [-0.25, -0.2) is 4.79 Å². The summed E-state index contributed by atoms with van der Waals surface area (Å²) in [6.07, 6.45) is 0. The lowest BCUT2D eigenvalue weighted by molar-refractivity contribution is 0.0697. The van der Waals surface area contributed by atoms with Crippen molar-refractivity contribution in [2.75, 3.05) is 18.4 Å². The van der Waals surface area contributed by atoms with E-state index in [2.05, 4.69) is 5.32 Å². The van der Waals surface area contributed by atoms with Crippen LogP contribution in [-0.4, -0.2) is 39.3 Å². The van der Waals surface area contributed by atoms with Gasteiger partial charge in [0, 0.05) is 47.4 Å². The number of nitrogens with one attached hydrogen (secondary N) is 1. The first kappa shape index (κ1) is 22.3. The number of aromatic carboxylic acids is 1. The Kier molecular flexibility index (Phi) is 6.02. The normalized spacial score (nSPS) is 11.0. The molecule has 4 rings (SSSR count). The second-order valence-corrected chi connectivity index (χ2v) is 7.87. The molecule has 33 heavy (non-hydrogen) atoms. The van der Waals surface area contributed by atoms with Crippen LogP contribution in [0, 0.1) is 0 Å². The van der Waals surface area contributed by atoms with E-state index < -0.39 is 5.97 Å². The zero-order valence-electron chi connectivity index (χ0n) is 18.1. The highest BCUT2D eigenvalue weighted by Crippen LogP contribution is 2.42. The molecule has 0 fully saturated rings. The van der Waals surface area contributed by atoms with Gasteiger partial charge in [0.1, 0.15) is 17.1 Å². The number of benzene rings is 3. The highest BCUT2D eigenvalue weighted by atomic mass is 32.1. The van der Waals surface area contributed by atoms with Gasteiger partial charge in [-0.15, -0.1) is 0 Å². The van der Waals surface area contributed by atoms with Crippen LogP contribution in [0.2, 0.25) is 0 Å². The van der Waals surface area contributed by atoms with Crippen molar-refractivity contribution in [1.29, 1.82) is 0 Å². The zero-order valence-corrected chi connectivity index (χ0v) is 18.9. The molecule has 1 aliphatic heterocycles. The Bertz CT molecular complexity index is 1410. The molecule has 1 aliphatic carbocycles. The molecular formula is C25H22N2O5S. The molecule has 2 aliphatic rings. The SMILES string of the molecule is CCN(CC)C(=S)Nc1ccc(-c2c3ccc(=O)cc-3oc3cc(O)ccc23)c(C(=O)O)c1. The Labute approximate surface area is 195 Å². The average Bonchev–Trinajstić information content (AvgIpc) is 2.78. The molecule has 2 aromatic carbocycles. The summed E-state index contributed by atoms with van der Waals surface area (Å²) < 4.78 is 5.86. The number of carboxylic acid groups (broad SMARTS) is 1. The fourth-order valence-corrected chi connectivity index (χ4v) is 4.26. The van der Waals surface area contributed by atoms with Gasteiger partial charge in [0.05, 0.1) is 5.56 Å². The first-order valence-corrected chi connectivity index (χ1v) is 10.9. The molecule has 0 amide bonds. The quantitative estimate of drug-likeness (QED) is 0.281. The van der Waals surface area contributed by atoms with Crippen LogP contribution < -0.4 is 10.7 Å². The van der Waals surface area contributed by atoms with Crippen LogP contribution in [-0.2, 0) is 0 Å². The van der Waals surface area contributed by atoms with Crippen LogP contribution in [0.1, 0.15) is 24.2 Å². The summed E-state index contributed by atoms with van der Waals surface area (Å²) in [7, 11) is 0. The van der Waals surface area contributed by atoms with Gasteiger partial charge in [-0.05, 0) is 68.0 Å². The summed E-state index contributed by atoms with van der Waals surface area (Å²) in [6.45, 7) is 5.44. The van der Waals surface area contributed by atoms with Crippen molar-refractivity contribution < 1.29 is 19.4 Å². The Morgan fingerprint density at radius 3 is 2.45 bits per heavy atom. The fourth-order valence-electron chi connectivity index (χ4n) is 3.88. The number of phenols is 1. The van der Waals surface area contributed by atoms with Crippen LogP contribution in [0.15, 0.2) is 63.8 Å². The standard InChI is InChI=1S/C25H22N2O5S/c1-3-27(4-2)25(33)26-14-5-8-17(20(11-14)24(30)31)23-18-9-6-15(28)12-21(18)32-22-13-16(29)7-10-19(22)23/h5-13,28H,3-4H2,1-2H3,(H,26,33)(H,30,31). The maximum absolute atomic E-state index is 12.3. The largest absolute Gasteiger partial charge is 0.508 e. The van der Waals surface area contributed by atoms with E-state index in [1.165, 1.54) is 30.3 Å². The van der Waals surface area contributed by atoms with E-state index in [0.717, 1.165) is 13.1 Å². The van der Waals surface area contributed by atoms with Gasteiger partial charge in [-0.1, -0.05) is 6.07 Å². The smallest absolute Gasteiger partial charge is 0.336 e. The maximum Gasteiger partial charge on any atom is 0.336 e. The summed E-state index contributed by atoms with van der Waals surface area (Å²) in [5, 5.41) is 24.2. The minimum Gasteiger partial charge on any atom is -0.508 e. The van der Waals surface area contributed by atoms with Gasteiger partial charge in [0.25, 0.3) is 0 Å². The number of nitrogens with zero attached hydrogens (tertiary/aromatic N) is 1. The number of rotatable bonds is 5. The van der Waals surface area contributed by atoms with E-state index in [4.69, 9.17) is 16.6 Å². The second-order valence-electron chi connectivity index (χ2n) is 7.48. The summed E-state index contributed by atoms with van der Waals surface area (Å²) in [5.41, 5.74) is 2.37. The fraction of sp³-hybridized carbons (Fsp3) is 0.160. The van der Waals surface area contributed by atoms with Crippen molar-refractivity contribution in [3.05, 3.63) is 70.4 Å². The number of carboxylic acids is 1. The number of hydrogen-bond acceptors (Lipinski definition) is 5. The number of fused-ring (bicyclic) bond motifs is 2. The van der Waals surface area contributed by atoms with Crippen molar-refractivity contribution in [2.24, 2.45) is 0 Å². The van der Waals surface area contributed by atoms with E-state index >= 15 is 0 Å². The molecule has 3 N–H and O–H groups in total. The molecule has 0 saturated heterocycles. The monoisotopic (exact) mass is 462 g/mol. The maximum atomic E-state index is 12.3. The lowest BCUT2D eigenvalue weighted by atomic mass is 9.90. The van der Waals surface area contributed by atoms with Gasteiger partial charge in [-0.3, -0.25) is 4.79 Å². The third kappa shape index (κ3) is 4.25. The Balaban J connectivity index is 1.94. The molecule has 0 atom stereocenters. The zero-order chi connectivity index (χ0) is 23.7. The summed E-state index contributed by atoms with van der Waals surface area (Å²) >= 11 is 5.44. The van der Waals surface area contributed by atoms with Crippen molar-refractivity contribution >= 4 is 40.0 Å². The molecule has 8 heteroatoms. The summed E-state index contributed by atoms with van der Waals surface area (Å²) in [5.74, 6) is -0.807. The highest BCUT2D eigenvalue weighted by Gasteiger charge is 2.22. The van der Waals surface area contributed by atoms with Gasteiger partial charge >= 0.3 is 5.97 Å². The minimum absolute atomic E-state index is 0.00208. The van der Waals surface area contributed by atoms with Crippen molar-refractivity contribution in [3.8, 4) is 28.2 Å². The first-order valence-electron chi connectivity index (χ1n) is 10.5. The molecule has 0 saturated carbocycles. The Hall–Kier alpha value is -3.91. The number of carbonyl (C=O) groups is 1. The molecule has 0 bridgehead atoms. The molecule has 7 nitrogen and oxygen atoms in total. The lowest BCUT2D eigenvalue weighted by Gasteiger charge is -2.23. The van der Waals surface area contributed by atoms with Crippen LogP contribution in [0.3, 0.4) is 0 Å². The average molecular weight is 463 g/mol. The van der Waals surface area contributed by atoms with Gasteiger partial charge in [0.15, 0.2) is 10.5 Å². The van der Waals surface area contributed by atoms with Crippen LogP contribution >= 0.6 is 12.2 Å². The Morgan fingerprint density at radius 2 is 1.76 bits per heavy atom. The predicted molar refractivity (Wildman–Crippen MR) is 132 cm³/mol. The third-order valence-electron chi connectivity index (χ3n) is 5.50. The third-order valence-corrected chi connectivity index (χ3v) is 5.86. The molecular weight excluding hydrogens is 440 g/mol. The molecule has 1 heterocycles. The number of thiocarbonyl (C=S) groups is 1. The van der Waals surface area contributed by atoms with E-state index in [0.29, 0.717) is 44.2 Å². The summed E-state index contributed by atoms with van der Waals surface area (Å²) in [6, 6.07) is 14.0. The Morgan fingerprint density at radius 1 is 1.03 bits per heavy atom. The molecule has 0 radical (unpaired) electrons. The van der Waals surface area contributed by atoms with Crippen LogP contribution in [0.4, 0.5) is 5.69 Å². The number of aromatic hydroxyl groups is 1. The van der Waals surface area contributed by atoms with Crippen molar-refractivity contribution in [1.82, 2.24) is 4.90 Å². The van der Waals surface area contributed by atoms with Crippen molar-refractivity contribution in [3.63, 3.8) is 0 Å². The molecule has 0 spiro atoms. The molecule has 2 aromatic rings.